The molecule has 3 aromatic rings. The van der Waals surface area contributed by atoms with Crippen LogP contribution in [0.5, 0.6) is 0 Å². The van der Waals surface area contributed by atoms with E-state index in [1.54, 1.807) is 12.1 Å². The van der Waals surface area contributed by atoms with Gasteiger partial charge in [0.15, 0.2) is 17.2 Å². The highest BCUT2D eigenvalue weighted by Gasteiger charge is 2.20. The molecule has 0 amide bonds. The molecule has 8 heteroatoms. The van der Waals surface area contributed by atoms with Crippen molar-refractivity contribution in [3.8, 4) is 0 Å². The monoisotopic (exact) mass is 331 g/mol. The van der Waals surface area contributed by atoms with E-state index in [2.05, 4.69) is 25.5 Å². The minimum Gasteiger partial charge on any atom is -0.420 e. The number of benzene rings is 1. The Hall–Kier alpha value is -2.48. The van der Waals surface area contributed by atoms with Gasteiger partial charge in [-0.3, -0.25) is 5.10 Å². The van der Waals surface area contributed by atoms with Crippen molar-refractivity contribution in [2.75, 3.05) is 25.1 Å². The molecule has 1 saturated heterocycles. The molecule has 1 aliphatic rings. The Labute approximate surface area is 137 Å². The molecule has 126 valence electrons. The van der Waals surface area contributed by atoms with E-state index in [0.717, 1.165) is 37.7 Å². The molecule has 0 aliphatic carbocycles. The van der Waals surface area contributed by atoms with E-state index < -0.39 is 5.82 Å². The van der Waals surface area contributed by atoms with Gasteiger partial charge < -0.3 is 14.5 Å². The van der Waals surface area contributed by atoms with Crippen LogP contribution >= 0.6 is 0 Å². The first kappa shape index (κ1) is 15.1. The molecule has 2 N–H and O–H groups in total. The van der Waals surface area contributed by atoms with Gasteiger partial charge in [0.2, 0.25) is 0 Å². The summed E-state index contributed by atoms with van der Waals surface area (Å²) >= 11 is 0. The minimum atomic E-state index is -0.413. The van der Waals surface area contributed by atoms with E-state index in [1.807, 2.05) is 0 Å². The van der Waals surface area contributed by atoms with Crippen LogP contribution < -0.4 is 5.32 Å². The van der Waals surface area contributed by atoms with Crippen molar-refractivity contribution in [2.45, 2.75) is 25.2 Å². The van der Waals surface area contributed by atoms with E-state index in [-0.39, 0.29) is 5.58 Å². The molecule has 4 rings (SSSR count). The maximum atomic E-state index is 13.6. The fourth-order valence-corrected chi connectivity index (χ4v) is 2.84. The second-order valence-corrected chi connectivity index (χ2v) is 5.81. The van der Waals surface area contributed by atoms with Gasteiger partial charge in [0.1, 0.15) is 11.3 Å². The number of oxazole rings is 1. The third-order valence-corrected chi connectivity index (χ3v) is 4.14. The molecule has 1 aromatic carbocycles. The molecule has 0 atom stereocenters. The summed E-state index contributed by atoms with van der Waals surface area (Å²) in [5.74, 6) is 1.63. The van der Waals surface area contributed by atoms with Gasteiger partial charge in [0.05, 0.1) is 0 Å². The van der Waals surface area contributed by atoms with Crippen LogP contribution in [-0.4, -0.2) is 39.9 Å². The number of halogens is 1. The average molecular weight is 331 g/mol. The summed E-state index contributed by atoms with van der Waals surface area (Å²) in [7, 11) is 0. The number of H-pyrrole nitrogens is 1. The van der Waals surface area contributed by atoms with Crippen molar-refractivity contribution in [1.82, 2.24) is 20.2 Å². The van der Waals surface area contributed by atoms with Gasteiger partial charge in [0.25, 0.3) is 6.01 Å². The molecule has 0 saturated carbocycles. The zero-order chi connectivity index (χ0) is 16.4. The molecule has 24 heavy (non-hydrogen) atoms. The highest BCUT2D eigenvalue weighted by Crippen LogP contribution is 2.24. The van der Waals surface area contributed by atoms with Crippen molar-refractivity contribution in [1.29, 1.82) is 0 Å². The summed E-state index contributed by atoms with van der Waals surface area (Å²) in [4.78, 5) is 8.75. The van der Waals surface area contributed by atoms with Gasteiger partial charge in [0, 0.05) is 32.1 Å². The first-order chi connectivity index (χ1) is 11.8. The molecular weight excluding hydrogens is 313 g/mol. The first-order valence-electron chi connectivity index (χ1n) is 8.07. The lowest BCUT2D eigenvalue weighted by molar-refractivity contribution is 0.0836. The van der Waals surface area contributed by atoms with E-state index >= 15 is 0 Å². The molecule has 0 unspecified atom stereocenters. The quantitative estimate of drug-likeness (QED) is 0.747. The summed E-state index contributed by atoms with van der Waals surface area (Å²) in [5.41, 5.74) is 0.667. The van der Waals surface area contributed by atoms with E-state index in [1.165, 1.54) is 6.07 Å². The number of nitrogens with zero attached hydrogens (tertiary/aromatic N) is 3. The number of hydrogen-bond donors (Lipinski definition) is 2. The standard InChI is InChI=1S/C16H18FN5O2/c17-11-2-1-3-12-14(11)24-16(19-12)18-7-4-13-20-15(22-21-13)10-5-8-23-9-6-10/h1-3,10H,4-9H2,(H,18,19)(H,20,21,22). The first-order valence-corrected chi connectivity index (χ1v) is 8.07. The number of hydrogen-bond acceptors (Lipinski definition) is 6. The second-order valence-electron chi connectivity index (χ2n) is 5.81. The molecule has 0 radical (unpaired) electrons. The van der Waals surface area contributed by atoms with Crippen LogP contribution in [0.1, 0.15) is 30.4 Å². The molecule has 3 heterocycles. The molecule has 7 nitrogen and oxygen atoms in total. The number of aromatic amines is 1. The van der Waals surface area contributed by atoms with Crippen LogP contribution in [0.3, 0.4) is 0 Å². The number of fused-ring (bicyclic) bond motifs is 1. The third kappa shape index (κ3) is 3.09. The highest BCUT2D eigenvalue weighted by molar-refractivity contribution is 5.74. The van der Waals surface area contributed by atoms with E-state index in [4.69, 9.17) is 9.15 Å². The van der Waals surface area contributed by atoms with Crippen LogP contribution in [0.2, 0.25) is 0 Å². The van der Waals surface area contributed by atoms with Gasteiger partial charge in [-0.25, -0.2) is 9.37 Å². The SMILES string of the molecule is Fc1cccc2nc(NCCc3nc(C4CCOCC4)n[nH]3)oc12. The van der Waals surface area contributed by atoms with Crippen LogP contribution in [0, 0.1) is 5.82 Å². The van der Waals surface area contributed by atoms with Gasteiger partial charge >= 0.3 is 0 Å². The topological polar surface area (TPSA) is 88.9 Å². The third-order valence-electron chi connectivity index (χ3n) is 4.14. The predicted molar refractivity (Wildman–Crippen MR) is 85.3 cm³/mol. The number of nitrogens with one attached hydrogen (secondary N) is 2. The minimum absolute atomic E-state index is 0.168. The Morgan fingerprint density at radius 3 is 2.96 bits per heavy atom. The Balaban J connectivity index is 1.35. The largest absolute Gasteiger partial charge is 0.420 e. The Morgan fingerprint density at radius 2 is 2.12 bits per heavy atom. The number of ether oxygens (including phenoxy) is 1. The zero-order valence-corrected chi connectivity index (χ0v) is 13.1. The summed E-state index contributed by atoms with van der Waals surface area (Å²) in [6, 6.07) is 4.98. The Bertz CT molecular complexity index is 825. The van der Waals surface area contributed by atoms with Crippen molar-refractivity contribution in [3.63, 3.8) is 0 Å². The highest BCUT2D eigenvalue weighted by atomic mass is 19.1. The fraction of sp³-hybridized carbons (Fsp3) is 0.438. The Kier molecular flexibility index (Phi) is 4.12. The Morgan fingerprint density at radius 1 is 1.25 bits per heavy atom. The lowest BCUT2D eigenvalue weighted by Crippen LogP contribution is -2.15. The van der Waals surface area contributed by atoms with Gasteiger partial charge in [-0.2, -0.15) is 10.1 Å². The molecule has 1 fully saturated rings. The molecule has 0 spiro atoms. The molecule has 1 aliphatic heterocycles. The predicted octanol–water partition coefficient (Wildman–Crippen LogP) is 2.63. The fourth-order valence-electron chi connectivity index (χ4n) is 2.84. The number of anilines is 1. The number of aromatic nitrogens is 4. The van der Waals surface area contributed by atoms with E-state index in [0.29, 0.717) is 30.4 Å². The lowest BCUT2D eigenvalue weighted by Gasteiger charge is -2.18. The maximum absolute atomic E-state index is 13.6. The van der Waals surface area contributed by atoms with Gasteiger partial charge in [-0.05, 0) is 25.0 Å². The van der Waals surface area contributed by atoms with Crippen LogP contribution in [0.15, 0.2) is 22.6 Å². The molecule has 0 bridgehead atoms. The van der Waals surface area contributed by atoms with E-state index in [9.17, 15) is 4.39 Å². The summed E-state index contributed by atoms with van der Waals surface area (Å²) < 4.78 is 24.3. The van der Waals surface area contributed by atoms with Crippen LogP contribution in [0.25, 0.3) is 11.1 Å². The normalized spacial score (nSPS) is 15.9. The summed E-state index contributed by atoms with van der Waals surface area (Å²) in [6.07, 6.45) is 2.57. The number of para-hydroxylation sites is 1. The second kappa shape index (κ2) is 6.56. The molecule has 2 aromatic heterocycles. The van der Waals surface area contributed by atoms with Crippen molar-refractivity contribution < 1.29 is 13.5 Å². The van der Waals surface area contributed by atoms with Gasteiger partial charge in [-0.1, -0.05) is 6.07 Å². The number of rotatable bonds is 5. The maximum Gasteiger partial charge on any atom is 0.295 e. The smallest absolute Gasteiger partial charge is 0.295 e. The molecular formula is C16H18FN5O2. The van der Waals surface area contributed by atoms with Crippen molar-refractivity contribution in [3.05, 3.63) is 35.7 Å². The summed E-state index contributed by atoms with van der Waals surface area (Å²) in [6.45, 7) is 2.10. The van der Waals surface area contributed by atoms with Crippen molar-refractivity contribution >= 4 is 17.1 Å². The summed E-state index contributed by atoms with van der Waals surface area (Å²) in [5, 5.41) is 10.3. The van der Waals surface area contributed by atoms with Gasteiger partial charge in [-0.15, -0.1) is 0 Å². The lowest BCUT2D eigenvalue weighted by atomic mass is 10.00. The zero-order valence-electron chi connectivity index (χ0n) is 13.1. The van der Waals surface area contributed by atoms with Crippen LogP contribution in [-0.2, 0) is 11.2 Å². The van der Waals surface area contributed by atoms with Crippen LogP contribution in [0.4, 0.5) is 10.4 Å². The van der Waals surface area contributed by atoms with Crippen molar-refractivity contribution in [2.24, 2.45) is 0 Å². The average Bonchev–Trinajstić information content (AvgIpc) is 3.23.